The molecule has 2 amide bonds. The van der Waals surface area contributed by atoms with Gasteiger partial charge in [-0.2, -0.15) is 0 Å². The minimum atomic E-state index is -3.93. The van der Waals surface area contributed by atoms with Gasteiger partial charge in [0.1, 0.15) is 24.1 Å². The van der Waals surface area contributed by atoms with Crippen LogP contribution in [0.1, 0.15) is 33.3 Å². The van der Waals surface area contributed by atoms with Crippen molar-refractivity contribution in [1.82, 2.24) is 10.2 Å². The number of sulfonamides is 1. The third-order valence-electron chi connectivity index (χ3n) is 5.24. The number of rotatable bonds is 10. The quantitative estimate of drug-likeness (QED) is 0.496. The molecule has 1 atom stereocenters. The molecule has 198 valence electrons. The van der Waals surface area contributed by atoms with E-state index in [0.717, 1.165) is 10.6 Å². The largest absolute Gasteiger partial charge is 0.497 e. The predicted molar refractivity (Wildman–Crippen MR) is 141 cm³/mol. The van der Waals surface area contributed by atoms with Gasteiger partial charge in [-0.25, -0.2) is 8.42 Å². The zero-order valence-corrected chi connectivity index (χ0v) is 23.2. The number of methoxy groups -OCH3 is 2. The van der Waals surface area contributed by atoms with Crippen molar-refractivity contribution in [3.63, 3.8) is 0 Å². The van der Waals surface area contributed by atoms with Gasteiger partial charge in [0.05, 0.1) is 26.2 Å². The van der Waals surface area contributed by atoms with Crippen molar-refractivity contribution in [3.8, 4) is 11.5 Å². The molecule has 0 saturated carbocycles. The minimum absolute atomic E-state index is 0.0466. The first-order chi connectivity index (χ1) is 16.7. The average molecular weight is 540 g/mol. The van der Waals surface area contributed by atoms with Crippen LogP contribution in [0, 0.1) is 0 Å². The van der Waals surface area contributed by atoms with Gasteiger partial charge in [0.15, 0.2) is 0 Å². The number of nitrogens with one attached hydrogen (secondary N) is 1. The standard InChI is InChI=1S/C25H34ClN3O6S/c1-17(24(31)27-25(2,3)4)28(15-18-9-8-10-19(26)13-18)23(30)16-29(36(7,32)33)21-14-20(34-5)11-12-22(21)35-6/h8-14,17H,15-16H2,1-7H3,(H,27,31). The Hall–Kier alpha value is -2.98. The predicted octanol–water partition coefficient (Wildman–Crippen LogP) is 3.46. The topological polar surface area (TPSA) is 105 Å². The van der Waals surface area contributed by atoms with Crippen LogP contribution in [0.15, 0.2) is 42.5 Å². The summed E-state index contributed by atoms with van der Waals surface area (Å²) >= 11 is 6.13. The number of amides is 2. The summed E-state index contributed by atoms with van der Waals surface area (Å²) in [6.07, 6.45) is 0.996. The van der Waals surface area contributed by atoms with Crippen molar-refractivity contribution in [2.75, 3.05) is 31.3 Å². The number of anilines is 1. The molecule has 36 heavy (non-hydrogen) atoms. The number of hydrogen-bond donors (Lipinski definition) is 1. The van der Waals surface area contributed by atoms with E-state index in [1.165, 1.54) is 25.2 Å². The van der Waals surface area contributed by atoms with Crippen LogP contribution in [0.2, 0.25) is 5.02 Å². The Bertz CT molecular complexity index is 1200. The molecule has 9 nitrogen and oxygen atoms in total. The second kappa shape index (κ2) is 11.8. The third kappa shape index (κ3) is 8.03. The highest BCUT2D eigenvalue weighted by molar-refractivity contribution is 7.92. The fraction of sp³-hybridized carbons (Fsp3) is 0.440. The molecule has 1 unspecified atom stereocenters. The van der Waals surface area contributed by atoms with Crippen LogP contribution >= 0.6 is 11.6 Å². The van der Waals surface area contributed by atoms with E-state index in [2.05, 4.69) is 5.32 Å². The van der Waals surface area contributed by atoms with Crippen LogP contribution < -0.4 is 19.1 Å². The molecule has 1 N–H and O–H groups in total. The van der Waals surface area contributed by atoms with E-state index in [0.29, 0.717) is 16.3 Å². The van der Waals surface area contributed by atoms with Crippen LogP contribution in [0.5, 0.6) is 11.5 Å². The van der Waals surface area contributed by atoms with Crippen molar-refractivity contribution >= 4 is 39.1 Å². The molecule has 0 aliphatic carbocycles. The fourth-order valence-corrected chi connectivity index (χ4v) is 4.53. The first-order valence-electron chi connectivity index (χ1n) is 11.2. The van der Waals surface area contributed by atoms with Gasteiger partial charge >= 0.3 is 0 Å². The number of hydrogen-bond acceptors (Lipinski definition) is 6. The summed E-state index contributed by atoms with van der Waals surface area (Å²) in [7, 11) is -1.08. The lowest BCUT2D eigenvalue weighted by molar-refractivity contribution is -0.140. The highest BCUT2D eigenvalue weighted by atomic mass is 35.5. The summed E-state index contributed by atoms with van der Waals surface area (Å²) in [5, 5.41) is 3.35. The first kappa shape index (κ1) is 29.3. The second-order valence-corrected chi connectivity index (χ2v) is 11.7. The van der Waals surface area contributed by atoms with Crippen LogP contribution in [0.4, 0.5) is 5.69 Å². The van der Waals surface area contributed by atoms with Gasteiger partial charge in [0.25, 0.3) is 0 Å². The maximum absolute atomic E-state index is 13.7. The van der Waals surface area contributed by atoms with Crippen LogP contribution in [-0.4, -0.2) is 63.7 Å². The summed E-state index contributed by atoms with van der Waals surface area (Å²) in [5.41, 5.74) is 0.307. The lowest BCUT2D eigenvalue weighted by Crippen LogP contribution is -2.54. The van der Waals surface area contributed by atoms with Gasteiger partial charge < -0.3 is 19.7 Å². The molecule has 0 bridgehead atoms. The van der Waals surface area contributed by atoms with E-state index < -0.39 is 34.1 Å². The van der Waals surface area contributed by atoms with E-state index in [1.807, 2.05) is 20.8 Å². The monoisotopic (exact) mass is 539 g/mol. The lowest BCUT2D eigenvalue weighted by Gasteiger charge is -2.33. The maximum atomic E-state index is 13.7. The summed E-state index contributed by atoms with van der Waals surface area (Å²) in [5.74, 6) is -0.320. The molecule has 2 rings (SSSR count). The molecule has 0 heterocycles. The van der Waals surface area contributed by atoms with E-state index in [1.54, 1.807) is 43.3 Å². The van der Waals surface area contributed by atoms with Crippen molar-refractivity contribution in [3.05, 3.63) is 53.1 Å². The molecular formula is C25H34ClN3O6S. The summed E-state index contributed by atoms with van der Waals surface area (Å²) in [4.78, 5) is 28.0. The van der Waals surface area contributed by atoms with Crippen molar-refractivity contribution < 1.29 is 27.5 Å². The number of nitrogens with zero attached hydrogens (tertiary/aromatic N) is 2. The zero-order chi connectivity index (χ0) is 27.3. The third-order valence-corrected chi connectivity index (χ3v) is 6.60. The fourth-order valence-electron chi connectivity index (χ4n) is 3.48. The summed E-state index contributed by atoms with van der Waals surface area (Å²) in [6, 6.07) is 10.7. The normalized spacial score (nSPS) is 12.4. The molecule has 0 aliphatic heterocycles. The van der Waals surface area contributed by atoms with Gasteiger partial charge in [-0.05, 0) is 57.5 Å². The van der Waals surface area contributed by atoms with Crippen molar-refractivity contribution in [2.45, 2.75) is 45.8 Å². The Morgan fingerprint density at radius 2 is 1.75 bits per heavy atom. The Morgan fingerprint density at radius 3 is 2.28 bits per heavy atom. The lowest BCUT2D eigenvalue weighted by atomic mass is 10.1. The van der Waals surface area contributed by atoms with E-state index in [4.69, 9.17) is 21.1 Å². The zero-order valence-electron chi connectivity index (χ0n) is 21.7. The second-order valence-electron chi connectivity index (χ2n) is 9.37. The SMILES string of the molecule is COc1ccc(OC)c(N(CC(=O)N(Cc2cccc(Cl)c2)C(C)C(=O)NC(C)(C)C)S(C)(=O)=O)c1. The number of halogens is 1. The van der Waals surface area contributed by atoms with Gasteiger partial charge in [0.2, 0.25) is 21.8 Å². The van der Waals surface area contributed by atoms with Crippen LogP contribution in [0.25, 0.3) is 0 Å². The molecule has 0 radical (unpaired) electrons. The smallest absolute Gasteiger partial charge is 0.244 e. The van der Waals surface area contributed by atoms with E-state index in [-0.39, 0.29) is 23.9 Å². The molecule has 2 aromatic rings. The van der Waals surface area contributed by atoms with Gasteiger partial charge in [-0.3, -0.25) is 13.9 Å². The Morgan fingerprint density at radius 1 is 1.08 bits per heavy atom. The average Bonchev–Trinajstić information content (AvgIpc) is 2.78. The summed E-state index contributed by atoms with van der Waals surface area (Å²) < 4.78 is 37.2. The molecular weight excluding hydrogens is 506 g/mol. The Kier molecular flexibility index (Phi) is 9.62. The Balaban J connectivity index is 2.50. The molecule has 0 saturated heterocycles. The molecule has 0 fully saturated rings. The first-order valence-corrected chi connectivity index (χ1v) is 13.4. The van der Waals surface area contributed by atoms with Gasteiger partial charge in [0, 0.05) is 23.2 Å². The van der Waals surface area contributed by atoms with Crippen molar-refractivity contribution in [1.29, 1.82) is 0 Å². The molecule has 0 spiro atoms. The number of benzene rings is 2. The number of carbonyl (C=O) groups is 2. The van der Waals surface area contributed by atoms with Crippen molar-refractivity contribution in [2.24, 2.45) is 0 Å². The van der Waals surface area contributed by atoms with E-state index in [9.17, 15) is 18.0 Å². The van der Waals surface area contributed by atoms with Crippen LogP contribution in [0.3, 0.4) is 0 Å². The number of carbonyl (C=O) groups excluding carboxylic acids is 2. The van der Waals surface area contributed by atoms with Gasteiger partial charge in [-0.1, -0.05) is 23.7 Å². The van der Waals surface area contributed by atoms with Gasteiger partial charge in [-0.15, -0.1) is 0 Å². The highest BCUT2D eigenvalue weighted by Crippen LogP contribution is 2.34. The molecule has 2 aromatic carbocycles. The summed E-state index contributed by atoms with van der Waals surface area (Å²) in [6.45, 7) is 6.59. The highest BCUT2D eigenvalue weighted by Gasteiger charge is 2.32. The Labute approximate surface area is 218 Å². The minimum Gasteiger partial charge on any atom is -0.497 e. The molecule has 0 aliphatic rings. The molecule has 11 heteroatoms. The number of ether oxygens (including phenoxy) is 2. The maximum Gasteiger partial charge on any atom is 0.244 e. The van der Waals surface area contributed by atoms with E-state index >= 15 is 0 Å². The molecule has 0 aromatic heterocycles. The van der Waals surface area contributed by atoms with Crippen LogP contribution in [-0.2, 0) is 26.2 Å².